The maximum Gasteiger partial charge on any atom is 0.209 e. The van der Waals surface area contributed by atoms with Crippen LogP contribution in [0.2, 0.25) is 0 Å². The fourth-order valence-electron chi connectivity index (χ4n) is 2.66. The van der Waals surface area contributed by atoms with Crippen molar-refractivity contribution in [3.05, 3.63) is 0 Å². The number of hydrogen-bond acceptors (Lipinski definition) is 5. The van der Waals surface area contributed by atoms with E-state index >= 15 is 0 Å². The lowest BCUT2D eigenvalue weighted by molar-refractivity contribution is -0.119. The van der Waals surface area contributed by atoms with Gasteiger partial charge in [0.15, 0.2) is 9.84 Å². The lowest BCUT2D eigenvalue weighted by atomic mass is 10.2. The van der Waals surface area contributed by atoms with Crippen LogP contribution in [-0.4, -0.2) is 81.6 Å². The van der Waals surface area contributed by atoms with Crippen LogP contribution in [0.25, 0.3) is 0 Å². The second-order valence-corrected chi connectivity index (χ2v) is 7.44. The van der Waals surface area contributed by atoms with Crippen molar-refractivity contribution in [1.82, 2.24) is 9.80 Å². The number of sulfone groups is 1. The van der Waals surface area contributed by atoms with E-state index in [-0.39, 0.29) is 17.5 Å². The first-order chi connectivity index (χ1) is 9.11. The normalized spacial score (nSPS) is 27.3. The minimum atomic E-state index is -2.92. The number of nitrogens with zero attached hydrogens (tertiary/aromatic N) is 2. The minimum absolute atomic E-state index is 0.118. The largest absolute Gasteiger partial charge is 0.379 e. The van der Waals surface area contributed by atoms with Crippen LogP contribution in [0, 0.1) is 0 Å². The number of carbonyl (C=O) groups is 1. The molecule has 0 N–H and O–H groups in total. The molecule has 1 amide bonds. The van der Waals surface area contributed by atoms with Crippen molar-refractivity contribution >= 4 is 16.2 Å². The van der Waals surface area contributed by atoms with E-state index in [0.717, 1.165) is 45.7 Å². The van der Waals surface area contributed by atoms with Gasteiger partial charge in [0, 0.05) is 32.2 Å². The Kier molecular flexibility index (Phi) is 5.18. The Morgan fingerprint density at radius 2 is 2.05 bits per heavy atom. The molecule has 0 radical (unpaired) electrons. The van der Waals surface area contributed by atoms with Crippen LogP contribution in [0.3, 0.4) is 0 Å². The number of ether oxygens (including phenoxy) is 1. The third-order valence-electron chi connectivity index (χ3n) is 3.81. The Labute approximate surface area is 114 Å². The van der Waals surface area contributed by atoms with Crippen molar-refractivity contribution in [1.29, 1.82) is 0 Å². The van der Waals surface area contributed by atoms with Crippen LogP contribution in [0.1, 0.15) is 12.8 Å². The molecule has 2 aliphatic rings. The second-order valence-electron chi connectivity index (χ2n) is 5.21. The molecular formula is C12H22N2O4S. The van der Waals surface area contributed by atoms with E-state index < -0.39 is 9.84 Å². The summed E-state index contributed by atoms with van der Waals surface area (Å²) in [6, 6.07) is -0.118. The highest BCUT2D eigenvalue weighted by Gasteiger charge is 2.31. The van der Waals surface area contributed by atoms with Gasteiger partial charge in [0.2, 0.25) is 6.41 Å². The van der Waals surface area contributed by atoms with Crippen molar-refractivity contribution in [2.45, 2.75) is 18.9 Å². The summed E-state index contributed by atoms with van der Waals surface area (Å²) in [5, 5.41) is 0. The van der Waals surface area contributed by atoms with Gasteiger partial charge in [-0.1, -0.05) is 0 Å². The van der Waals surface area contributed by atoms with Crippen LogP contribution in [0.5, 0.6) is 0 Å². The lowest BCUT2D eigenvalue weighted by Gasteiger charge is -2.28. The molecule has 110 valence electrons. The predicted molar refractivity (Wildman–Crippen MR) is 71.7 cm³/mol. The van der Waals surface area contributed by atoms with Gasteiger partial charge in [0.25, 0.3) is 0 Å². The second kappa shape index (κ2) is 6.67. The summed E-state index contributed by atoms with van der Waals surface area (Å²) in [4.78, 5) is 15.1. The maximum atomic E-state index is 11.4. The van der Waals surface area contributed by atoms with E-state index in [9.17, 15) is 13.2 Å². The van der Waals surface area contributed by atoms with Crippen LogP contribution < -0.4 is 0 Å². The van der Waals surface area contributed by atoms with Crippen LogP contribution in [-0.2, 0) is 19.4 Å². The summed E-state index contributed by atoms with van der Waals surface area (Å²) in [7, 11) is -2.92. The molecular weight excluding hydrogens is 268 g/mol. The third kappa shape index (κ3) is 4.43. The average Bonchev–Trinajstić information content (AvgIpc) is 2.76. The van der Waals surface area contributed by atoms with Gasteiger partial charge in [-0.25, -0.2) is 8.42 Å². The molecule has 7 heteroatoms. The molecule has 0 unspecified atom stereocenters. The fourth-order valence-corrected chi connectivity index (χ4v) is 4.40. The number of amides is 1. The molecule has 2 rings (SSSR count). The molecule has 6 nitrogen and oxygen atoms in total. The van der Waals surface area contributed by atoms with Crippen molar-refractivity contribution in [3.63, 3.8) is 0 Å². The first-order valence-electron chi connectivity index (χ1n) is 6.82. The molecule has 2 saturated heterocycles. The molecule has 0 spiro atoms. The Morgan fingerprint density at radius 1 is 1.32 bits per heavy atom. The van der Waals surface area contributed by atoms with Crippen molar-refractivity contribution in [2.75, 3.05) is 50.9 Å². The number of rotatable bonds is 6. The van der Waals surface area contributed by atoms with Gasteiger partial charge in [-0.05, 0) is 12.8 Å². The number of morpholine rings is 1. The summed E-state index contributed by atoms with van der Waals surface area (Å²) in [6.07, 6.45) is 2.26. The van der Waals surface area contributed by atoms with Gasteiger partial charge in [0.1, 0.15) is 0 Å². The smallest absolute Gasteiger partial charge is 0.209 e. The SMILES string of the molecule is O=CN(CCCN1CCOCC1)[C@H]1CCS(=O)(=O)C1. The Bertz CT molecular complexity index is 393. The Morgan fingerprint density at radius 3 is 2.63 bits per heavy atom. The minimum Gasteiger partial charge on any atom is -0.379 e. The molecule has 1 atom stereocenters. The molecule has 2 aliphatic heterocycles. The first-order valence-corrected chi connectivity index (χ1v) is 8.64. The van der Waals surface area contributed by atoms with E-state index in [1.54, 1.807) is 4.90 Å². The molecule has 0 bridgehead atoms. The summed E-state index contributed by atoms with van der Waals surface area (Å²) in [6.45, 7) is 5.02. The monoisotopic (exact) mass is 290 g/mol. The lowest BCUT2D eigenvalue weighted by Crippen LogP contribution is -2.40. The van der Waals surface area contributed by atoms with E-state index in [4.69, 9.17) is 4.74 Å². The van der Waals surface area contributed by atoms with Crippen molar-refractivity contribution in [3.8, 4) is 0 Å². The van der Waals surface area contributed by atoms with E-state index in [1.165, 1.54) is 0 Å². The van der Waals surface area contributed by atoms with Gasteiger partial charge >= 0.3 is 0 Å². The van der Waals surface area contributed by atoms with E-state index in [1.807, 2.05) is 0 Å². The molecule has 19 heavy (non-hydrogen) atoms. The zero-order chi connectivity index (χ0) is 13.7. The standard InChI is InChI=1S/C12H22N2O4S/c15-11-14(12-2-9-19(16,17)10-12)4-1-3-13-5-7-18-8-6-13/h11-12H,1-10H2/t12-/m0/s1. The first kappa shape index (κ1) is 14.7. The topological polar surface area (TPSA) is 66.9 Å². The van der Waals surface area contributed by atoms with Gasteiger partial charge in [-0.3, -0.25) is 9.69 Å². The maximum absolute atomic E-state index is 11.4. The number of carbonyl (C=O) groups excluding carboxylic acids is 1. The van der Waals surface area contributed by atoms with Crippen LogP contribution >= 0.6 is 0 Å². The summed E-state index contributed by atoms with van der Waals surface area (Å²) < 4.78 is 28.1. The zero-order valence-electron chi connectivity index (χ0n) is 11.2. The molecule has 0 aromatic rings. The highest BCUT2D eigenvalue weighted by Crippen LogP contribution is 2.16. The molecule has 2 fully saturated rings. The summed E-state index contributed by atoms with van der Waals surface area (Å²) >= 11 is 0. The molecule has 0 aromatic carbocycles. The van der Waals surface area contributed by atoms with Gasteiger partial charge in [0.05, 0.1) is 24.7 Å². The fraction of sp³-hybridized carbons (Fsp3) is 0.917. The predicted octanol–water partition coefficient (Wildman–Crippen LogP) is -0.646. The van der Waals surface area contributed by atoms with E-state index in [2.05, 4.69) is 4.90 Å². The van der Waals surface area contributed by atoms with E-state index in [0.29, 0.717) is 13.0 Å². The van der Waals surface area contributed by atoms with Gasteiger partial charge in [-0.2, -0.15) is 0 Å². The molecule has 2 heterocycles. The summed E-state index contributed by atoms with van der Waals surface area (Å²) in [5.74, 6) is 0.342. The van der Waals surface area contributed by atoms with Crippen LogP contribution in [0.15, 0.2) is 0 Å². The van der Waals surface area contributed by atoms with Gasteiger partial charge in [-0.15, -0.1) is 0 Å². The van der Waals surface area contributed by atoms with Crippen LogP contribution in [0.4, 0.5) is 0 Å². The van der Waals surface area contributed by atoms with Gasteiger partial charge < -0.3 is 9.64 Å². The Hall–Kier alpha value is -0.660. The third-order valence-corrected chi connectivity index (χ3v) is 5.56. The summed E-state index contributed by atoms with van der Waals surface area (Å²) in [5.41, 5.74) is 0. The van der Waals surface area contributed by atoms with Crippen molar-refractivity contribution < 1.29 is 17.9 Å². The highest BCUT2D eigenvalue weighted by molar-refractivity contribution is 7.91. The highest BCUT2D eigenvalue weighted by atomic mass is 32.2. The van der Waals surface area contributed by atoms with Crippen molar-refractivity contribution in [2.24, 2.45) is 0 Å². The molecule has 0 saturated carbocycles. The number of hydrogen-bond donors (Lipinski definition) is 0. The Balaban J connectivity index is 1.72. The molecule has 0 aliphatic carbocycles. The molecule has 0 aromatic heterocycles. The average molecular weight is 290 g/mol. The quantitative estimate of drug-likeness (QED) is 0.608. The zero-order valence-corrected chi connectivity index (χ0v) is 12.0.